The number of ether oxygens (including phenoxy) is 1. The highest BCUT2D eigenvalue weighted by Crippen LogP contribution is 2.31. The molecule has 3 unspecified atom stereocenters. The molecule has 2 heteroatoms. The number of hydrogen-bond donors (Lipinski definition) is 1. The van der Waals surface area contributed by atoms with Gasteiger partial charge in [0.05, 0.1) is 6.10 Å². The predicted octanol–water partition coefficient (Wildman–Crippen LogP) is 1.79. The maximum Gasteiger partial charge on any atom is 0.0602 e. The van der Waals surface area contributed by atoms with E-state index in [2.05, 4.69) is 6.92 Å². The van der Waals surface area contributed by atoms with Gasteiger partial charge in [-0.1, -0.05) is 19.8 Å². The van der Waals surface area contributed by atoms with Crippen molar-refractivity contribution in [3.8, 4) is 0 Å². The van der Waals surface area contributed by atoms with Crippen LogP contribution in [0.4, 0.5) is 0 Å². The Morgan fingerprint density at radius 1 is 1.42 bits per heavy atom. The van der Waals surface area contributed by atoms with Crippen LogP contribution < -0.4 is 5.73 Å². The molecule has 1 aliphatic carbocycles. The summed E-state index contributed by atoms with van der Waals surface area (Å²) in [7, 11) is 1.83. The number of hydrogen-bond acceptors (Lipinski definition) is 2. The summed E-state index contributed by atoms with van der Waals surface area (Å²) in [4.78, 5) is 0. The van der Waals surface area contributed by atoms with Gasteiger partial charge in [-0.15, -0.1) is 0 Å². The van der Waals surface area contributed by atoms with Crippen LogP contribution in [-0.2, 0) is 4.74 Å². The molecule has 0 aliphatic heterocycles. The summed E-state index contributed by atoms with van der Waals surface area (Å²) in [6.07, 6.45) is 5.68. The van der Waals surface area contributed by atoms with Gasteiger partial charge in [0.25, 0.3) is 0 Å². The molecule has 1 saturated carbocycles. The predicted molar refractivity (Wildman–Crippen MR) is 51.0 cm³/mol. The molecule has 1 fully saturated rings. The summed E-state index contributed by atoms with van der Waals surface area (Å²) < 4.78 is 5.47. The van der Waals surface area contributed by atoms with Crippen molar-refractivity contribution in [1.29, 1.82) is 0 Å². The summed E-state index contributed by atoms with van der Waals surface area (Å²) in [5.74, 6) is 1.32. The van der Waals surface area contributed by atoms with Crippen LogP contribution in [0, 0.1) is 11.8 Å². The van der Waals surface area contributed by atoms with Crippen molar-refractivity contribution in [1.82, 2.24) is 0 Å². The van der Waals surface area contributed by atoms with Gasteiger partial charge >= 0.3 is 0 Å². The van der Waals surface area contributed by atoms with E-state index in [1.807, 2.05) is 7.11 Å². The van der Waals surface area contributed by atoms with Crippen molar-refractivity contribution in [2.24, 2.45) is 17.6 Å². The van der Waals surface area contributed by atoms with Gasteiger partial charge in [0.1, 0.15) is 0 Å². The fourth-order valence-electron chi connectivity index (χ4n) is 2.24. The van der Waals surface area contributed by atoms with Crippen molar-refractivity contribution in [2.45, 2.75) is 38.7 Å². The van der Waals surface area contributed by atoms with Crippen molar-refractivity contribution < 1.29 is 4.74 Å². The van der Waals surface area contributed by atoms with Crippen LogP contribution in [-0.4, -0.2) is 19.8 Å². The van der Waals surface area contributed by atoms with E-state index >= 15 is 0 Å². The lowest BCUT2D eigenvalue weighted by atomic mass is 9.78. The number of methoxy groups -OCH3 is 1. The van der Waals surface area contributed by atoms with Gasteiger partial charge in [0, 0.05) is 7.11 Å². The van der Waals surface area contributed by atoms with Crippen LogP contribution in [0.5, 0.6) is 0 Å². The summed E-state index contributed by atoms with van der Waals surface area (Å²) in [6.45, 7) is 3.03. The van der Waals surface area contributed by atoms with Crippen LogP contribution in [0.15, 0.2) is 0 Å². The smallest absolute Gasteiger partial charge is 0.0602 e. The molecule has 0 bridgehead atoms. The summed E-state index contributed by atoms with van der Waals surface area (Å²) in [5, 5.41) is 0. The monoisotopic (exact) mass is 171 g/mol. The Morgan fingerprint density at radius 2 is 2.08 bits per heavy atom. The lowest BCUT2D eigenvalue weighted by Gasteiger charge is -2.34. The zero-order chi connectivity index (χ0) is 8.97. The van der Waals surface area contributed by atoms with Gasteiger partial charge in [0.15, 0.2) is 0 Å². The van der Waals surface area contributed by atoms with Gasteiger partial charge in [-0.2, -0.15) is 0 Å². The normalized spacial score (nSPS) is 33.2. The second-order valence-electron chi connectivity index (χ2n) is 3.94. The van der Waals surface area contributed by atoms with E-state index in [1.165, 1.54) is 25.7 Å². The molecule has 0 aromatic carbocycles. The van der Waals surface area contributed by atoms with Gasteiger partial charge in [-0.05, 0) is 31.2 Å². The fourth-order valence-corrected chi connectivity index (χ4v) is 2.24. The first-order valence-electron chi connectivity index (χ1n) is 5.02. The second-order valence-corrected chi connectivity index (χ2v) is 3.94. The van der Waals surface area contributed by atoms with E-state index in [4.69, 9.17) is 10.5 Å². The second kappa shape index (κ2) is 4.83. The molecule has 0 aromatic heterocycles. The maximum atomic E-state index is 5.66. The van der Waals surface area contributed by atoms with Gasteiger partial charge in [0.2, 0.25) is 0 Å². The minimum atomic E-state index is 0.470. The standard InChI is InChI=1S/C10H21NO/c1-8(7-11)9-5-3-4-6-10(9)12-2/h8-10H,3-7,11H2,1-2H3. The topological polar surface area (TPSA) is 35.2 Å². The summed E-state index contributed by atoms with van der Waals surface area (Å²) in [5.41, 5.74) is 5.66. The molecule has 0 saturated heterocycles. The molecular weight excluding hydrogens is 150 g/mol. The number of nitrogens with two attached hydrogens (primary N) is 1. The van der Waals surface area contributed by atoms with Gasteiger partial charge in [-0.3, -0.25) is 0 Å². The lowest BCUT2D eigenvalue weighted by Crippen LogP contribution is -2.34. The van der Waals surface area contributed by atoms with E-state index in [0.717, 1.165) is 6.54 Å². The summed E-state index contributed by atoms with van der Waals surface area (Å²) in [6, 6.07) is 0. The minimum Gasteiger partial charge on any atom is -0.381 e. The minimum absolute atomic E-state index is 0.470. The highest BCUT2D eigenvalue weighted by Gasteiger charge is 2.28. The maximum absolute atomic E-state index is 5.66. The lowest BCUT2D eigenvalue weighted by molar-refractivity contribution is 0.00357. The van der Waals surface area contributed by atoms with Crippen LogP contribution in [0.2, 0.25) is 0 Å². The highest BCUT2D eigenvalue weighted by atomic mass is 16.5. The first-order valence-corrected chi connectivity index (χ1v) is 5.02. The Labute approximate surface area is 75.5 Å². The average Bonchev–Trinajstić information content (AvgIpc) is 2.16. The quantitative estimate of drug-likeness (QED) is 0.702. The van der Waals surface area contributed by atoms with Crippen LogP contribution in [0.1, 0.15) is 32.6 Å². The Balaban J connectivity index is 2.46. The zero-order valence-electron chi connectivity index (χ0n) is 8.25. The van der Waals surface area contributed by atoms with E-state index in [9.17, 15) is 0 Å². The molecule has 0 heterocycles. The molecule has 1 aliphatic rings. The molecule has 1 rings (SSSR count). The molecule has 0 amide bonds. The van der Waals surface area contributed by atoms with Crippen molar-refractivity contribution in [3.05, 3.63) is 0 Å². The molecule has 0 spiro atoms. The molecule has 3 atom stereocenters. The highest BCUT2D eigenvalue weighted by molar-refractivity contribution is 4.79. The van der Waals surface area contributed by atoms with Crippen LogP contribution >= 0.6 is 0 Å². The Bertz CT molecular complexity index is 127. The van der Waals surface area contributed by atoms with Gasteiger partial charge in [-0.25, -0.2) is 0 Å². The Kier molecular flexibility index (Phi) is 4.02. The molecule has 0 radical (unpaired) electrons. The average molecular weight is 171 g/mol. The Morgan fingerprint density at radius 3 is 2.67 bits per heavy atom. The molecule has 2 N–H and O–H groups in total. The largest absolute Gasteiger partial charge is 0.381 e. The van der Waals surface area contributed by atoms with Crippen molar-refractivity contribution in [2.75, 3.05) is 13.7 Å². The third-order valence-electron chi connectivity index (χ3n) is 3.16. The zero-order valence-corrected chi connectivity index (χ0v) is 8.25. The Hall–Kier alpha value is -0.0800. The SMILES string of the molecule is COC1CCCCC1C(C)CN. The van der Waals surface area contributed by atoms with Crippen LogP contribution in [0.3, 0.4) is 0 Å². The number of rotatable bonds is 3. The van der Waals surface area contributed by atoms with Crippen molar-refractivity contribution >= 4 is 0 Å². The van der Waals surface area contributed by atoms with Crippen molar-refractivity contribution in [3.63, 3.8) is 0 Å². The molecule has 12 heavy (non-hydrogen) atoms. The van der Waals surface area contributed by atoms with E-state index in [0.29, 0.717) is 17.9 Å². The van der Waals surface area contributed by atoms with Crippen LogP contribution in [0.25, 0.3) is 0 Å². The molecule has 2 nitrogen and oxygen atoms in total. The van der Waals surface area contributed by atoms with E-state index in [-0.39, 0.29) is 0 Å². The first kappa shape index (κ1) is 10.0. The fraction of sp³-hybridized carbons (Fsp3) is 1.00. The third-order valence-corrected chi connectivity index (χ3v) is 3.16. The first-order chi connectivity index (χ1) is 5.79. The molecular formula is C10H21NO. The third kappa shape index (κ3) is 2.20. The van der Waals surface area contributed by atoms with E-state index < -0.39 is 0 Å². The van der Waals surface area contributed by atoms with Gasteiger partial charge < -0.3 is 10.5 Å². The van der Waals surface area contributed by atoms with E-state index in [1.54, 1.807) is 0 Å². The summed E-state index contributed by atoms with van der Waals surface area (Å²) >= 11 is 0. The molecule has 0 aromatic rings. The molecule has 72 valence electrons.